The number of nitriles is 1. The zero-order chi connectivity index (χ0) is 23.7. The summed E-state index contributed by atoms with van der Waals surface area (Å²) in [6.45, 7) is 3.83. The zero-order valence-electron chi connectivity index (χ0n) is 17.6. The van der Waals surface area contributed by atoms with Gasteiger partial charge in [-0.3, -0.25) is 9.69 Å². The Morgan fingerprint density at radius 1 is 1.16 bits per heavy atom. The van der Waals surface area contributed by atoms with E-state index in [0.29, 0.717) is 13.0 Å². The second kappa shape index (κ2) is 8.79. The van der Waals surface area contributed by atoms with Crippen molar-refractivity contribution in [3.05, 3.63) is 59.2 Å². The molecule has 2 aromatic carbocycles. The van der Waals surface area contributed by atoms with E-state index in [-0.39, 0.29) is 16.5 Å². The predicted molar refractivity (Wildman–Crippen MR) is 118 cm³/mol. The number of aryl methyl sites for hydroxylation is 1. The molecule has 1 amide bonds. The molecule has 0 aliphatic carbocycles. The van der Waals surface area contributed by atoms with Gasteiger partial charge in [0.25, 0.3) is 5.91 Å². The van der Waals surface area contributed by atoms with Gasteiger partial charge in [0.15, 0.2) is 5.11 Å². The van der Waals surface area contributed by atoms with Gasteiger partial charge in [-0.1, -0.05) is 12.1 Å². The fourth-order valence-corrected chi connectivity index (χ4v) is 4.26. The number of phenols is 1. The Morgan fingerprint density at radius 3 is 2.50 bits per heavy atom. The van der Waals surface area contributed by atoms with Crippen LogP contribution in [0.1, 0.15) is 43.4 Å². The van der Waals surface area contributed by atoms with Crippen molar-refractivity contribution in [3.63, 3.8) is 0 Å². The van der Waals surface area contributed by atoms with Crippen LogP contribution in [0.3, 0.4) is 0 Å². The Hall–Kier alpha value is -3.12. The average Bonchev–Trinajstić information content (AvgIpc) is 2.89. The molecule has 1 N–H and O–H groups in total. The lowest BCUT2D eigenvalue weighted by Gasteiger charge is -2.29. The van der Waals surface area contributed by atoms with Crippen molar-refractivity contribution in [2.75, 3.05) is 11.4 Å². The van der Waals surface area contributed by atoms with Crippen LogP contribution in [0.4, 0.5) is 18.9 Å². The van der Waals surface area contributed by atoms with Crippen LogP contribution in [0.2, 0.25) is 0 Å². The molecule has 0 atom stereocenters. The Bertz CT molecular complexity index is 1090. The third-order valence-corrected chi connectivity index (χ3v) is 5.92. The van der Waals surface area contributed by atoms with Crippen molar-refractivity contribution in [2.45, 2.75) is 44.8 Å². The number of rotatable bonds is 6. The molecule has 32 heavy (non-hydrogen) atoms. The smallest absolute Gasteiger partial charge is 0.417 e. The minimum absolute atomic E-state index is 0.0124. The molecule has 9 heteroatoms. The highest BCUT2D eigenvalue weighted by Crippen LogP contribution is 2.38. The number of alkyl halides is 3. The number of nitrogens with zero attached hydrogens (tertiary/aromatic N) is 3. The second-order valence-corrected chi connectivity index (χ2v) is 8.47. The Labute approximate surface area is 189 Å². The third kappa shape index (κ3) is 4.55. The number of phenolic OH excluding ortho intramolecular Hbond substituents is 1. The Morgan fingerprint density at radius 2 is 1.88 bits per heavy atom. The summed E-state index contributed by atoms with van der Waals surface area (Å²) >= 11 is 5.48. The molecule has 0 spiro atoms. The van der Waals surface area contributed by atoms with Gasteiger partial charge < -0.3 is 10.0 Å². The zero-order valence-corrected chi connectivity index (χ0v) is 18.4. The normalized spacial score (nSPS) is 15.9. The lowest BCUT2D eigenvalue weighted by Crippen LogP contribution is -2.44. The summed E-state index contributed by atoms with van der Waals surface area (Å²) in [6, 6.07) is 11.7. The molecule has 0 saturated carbocycles. The second-order valence-electron chi connectivity index (χ2n) is 8.10. The lowest BCUT2D eigenvalue weighted by molar-refractivity contribution is -0.137. The SMILES string of the molecule is CC1(C)C(=O)N(c2ccc(C#N)c(C(F)(F)F)c2)C(=S)N1CCCCc1cccc(O)c1. The summed E-state index contributed by atoms with van der Waals surface area (Å²) in [6.07, 6.45) is -2.52. The number of hydrogen-bond donors (Lipinski definition) is 1. The Kier molecular flexibility index (Phi) is 6.46. The summed E-state index contributed by atoms with van der Waals surface area (Å²) < 4.78 is 40.1. The van der Waals surface area contributed by atoms with E-state index in [0.717, 1.165) is 35.4 Å². The fourth-order valence-electron chi connectivity index (χ4n) is 3.75. The molecule has 5 nitrogen and oxygen atoms in total. The summed E-state index contributed by atoms with van der Waals surface area (Å²) in [5.41, 5.74) is -1.66. The van der Waals surface area contributed by atoms with Crippen molar-refractivity contribution in [1.29, 1.82) is 5.26 Å². The van der Waals surface area contributed by atoms with Crippen LogP contribution in [0.5, 0.6) is 5.75 Å². The summed E-state index contributed by atoms with van der Waals surface area (Å²) in [7, 11) is 0. The molecular weight excluding hydrogens is 439 g/mol. The number of anilines is 1. The van der Waals surface area contributed by atoms with Crippen molar-refractivity contribution in [1.82, 2.24) is 4.90 Å². The van der Waals surface area contributed by atoms with Gasteiger partial charge in [-0.05, 0) is 81.2 Å². The molecule has 0 unspecified atom stereocenters. The van der Waals surface area contributed by atoms with Gasteiger partial charge in [-0.2, -0.15) is 18.4 Å². The van der Waals surface area contributed by atoms with Crippen LogP contribution in [0.25, 0.3) is 0 Å². The van der Waals surface area contributed by atoms with E-state index in [1.807, 2.05) is 6.07 Å². The monoisotopic (exact) mass is 461 g/mol. The van der Waals surface area contributed by atoms with E-state index in [2.05, 4.69) is 0 Å². The van der Waals surface area contributed by atoms with Gasteiger partial charge in [0.2, 0.25) is 0 Å². The Balaban J connectivity index is 1.77. The van der Waals surface area contributed by atoms with Crippen LogP contribution >= 0.6 is 12.2 Å². The van der Waals surface area contributed by atoms with Crippen LogP contribution < -0.4 is 4.90 Å². The molecular formula is C23H22F3N3O2S. The number of halogens is 3. The van der Waals surface area contributed by atoms with Crippen LogP contribution in [0.15, 0.2) is 42.5 Å². The van der Waals surface area contributed by atoms with Gasteiger partial charge in [0, 0.05) is 6.54 Å². The minimum atomic E-state index is -4.73. The molecule has 1 heterocycles. The number of unbranched alkanes of at least 4 members (excludes halogenated alkanes) is 1. The van der Waals surface area contributed by atoms with E-state index in [1.54, 1.807) is 36.9 Å². The standard InChI is InChI=1S/C23H22F3N3O2S/c1-22(2)20(31)29(17-10-9-16(14-27)19(13-17)23(24,25)26)21(32)28(22)11-4-3-6-15-7-5-8-18(30)12-15/h5,7-10,12-13,30H,3-4,6,11H2,1-2H3. The molecule has 1 aliphatic heterocycles. The summed E-state index contributed by atoms with van der Waals surface area (Å²) in [5.74, 6) is -0.223. The van der Waals surface area contributed by atoms with E-state index in [1.165, 1.54) is 12.1 Å². The number of hydrogen-bond acceptors (Lipinski definition) is 4. The molecule has 168 valence electrons. The van der Waals surface area contributed by atoms with Gasteiger partial charge in [-0.25, -0.2) is 0 Å². The highest BCUT2D eigenvalue weighted by molar-refractivity contribution is 7.80. The first kappa shape index (κ1) is 23.5. The van der Waals surface area contributed by atoms with Crippen molar-refractivity contribution in [3.8, 4) is 11.8 Å². The van der Waals surface area contributed by atoms with Crippen molar-refractivity contribution >= 4 is 28.9 Å². The van der Waals surface area contributed by atoms with Crippen LogP contribution in [0, 0.1) is 11.3 Å². The van der Waals surface area contributed by atoms with E-state index in [9.17, 15) is 23.1 Å². The highest BCUT2D eigenvalue weighted by atomic mass is 32.1. The van der Waals surface area contributed by atoms with Gasteiger partial charge in [-0.15, -0.1) is 0 Å². The number of aromatic hydroxyl groups is 1. The fraction of sp³-hybridized carbons (Fsp3) is 0.348. The van der Waals surface area contributed by atoms with E-state index >= 15 is 0 Å². The van der Waals surface area contributed by atoms with Crippen molar-refractivity contribution < 1.29 is 23.1 Å². The number of benzene rings is 2. The first-order valence-corrected chi connectivity index (χ1v) is 10.4. The maximum atomic E-state index is 13.4. The molecule has 0 aromatic heterocycles. The maximum Gasteiger partial charge on any atom is 0.417 e. The van der Waals surface area contributed by atoms with Crippen molar-refractivity contribution in [2.24, 2.45) is 0 Å². The first-order chi connectivity index (χ1) is 15.0. The molecule has 0 radical (unpaired) electrons. The predicted octanol–water partition coefficient (Wildman–Crippen LogP) is 5.02. The quantitative estimate of drug-likeness (QED) is 0.484. The van der Waals surface area contributed by atoms with Gasteiger partial charge in [0.1, 0.15) is 11.3 Å². The number of carbonyl (C=O) groups excluding carboxylic acids is 1. The average molecular weight is 462 g/mol. The summed E-state index contributed by atoms with van der Waals surface area (Å²) in [5, 5.41) is 18.7. The highest BCUT2D eigenvalue weighted by Gasteiger charge is 2.49. The number of carbonyl (C=O) groups is 1. The molecule has 0 bridgehead atoms. The number of thiocarbonyl (C=S) groups is 1. The number of amides is 1. The topological polar surface area (TPSA) is 67.6 Å². The minimum Gasteiger partial charge on any atom is -0.508 e. The van der Waals surface area contributed by atoms with E-state index in [4.69, 9.17) is 17.5 Å². The van der Waals surface area contributed by atoms with Gasteiger partial charge >= 0.3 is 6.18 Å². The largest absolute Gasteiger partial charge is 0.508 e. The van der Waals surface area contributed by atoms with E-state index < -0.39 is 28.7 Å². The summed E-state index contributed by atoms with van der Waals surface area (Å²) in [4.78, 5) is 15.9. The van der Waals surface area contributed by atoms with Crippen LogP contribution in [-0.2, 0) is 17.4 Å². The first-order valence-electron chi connectivity index (χ1n) is 10.0. The molecule has 2 aromatic rings. The van der Waals surface area contributed by atoms with Crippen LogP contribution in [-0.4, -0.2) is 33.1 Å². The lowest BCUT2D eigenvalue weighted by atomic mass is 10.0. The molecule has 3 rings (SSSR count). The molecule has 1 aliphatic rings. The molecule has 1 fully saturated rings. The van der Waals surface area contributed by atoms with Gasteiger partial charge in [0.05, 0.1) is 22.9 Å². The maximum absolute atomic E-state index is 13.4. The third-order valence-electron chi connectivity index (χ3n) is 5.52. The molecule has 1 saturated heterocycles.